The van der Waals surface area contributed by atoms with Crippen LogP contribution in [0.4, 0.5) is 5.82 Å². The number of amides is 1. The third kappa shape index (κ3) is 5.82. The largest absolute Gasteiger partial charge is 0.383 e. The lowest BCUT2D eigenvalue weighted by atomic mass is 9.92. The van der Waals surface area contributed by atoms with E-state index < -0.39 is 0 Å². The van der Waals surface area contributed by atoms with Crippen LogP contribution in [0.15, 0.2) is 42.7 Å². The molecule has 0 atom stereocenters. The standard InChI is InChI=1S/C23H30N6O.CH4/c1-28-12-7-17(8-13-28)3-2-11-29-14-9-21(27-29)23(30)26-16-18-4-5-20-19(15-18)6-10-25-22(20)24;/h4-6,9-10,14-15,17H,2-3,7-8,11-13,16H2,1H3,(H2,24,25)(H,26,30);1H4. The number of anilines is 1. The van der Waals surface area contributed by atoms with Gasteiger partial charge in [-0.15, -0.1) is 0 Å². The summed E-state index contributed by atoms with van der Waals surface area (Å²) in [6.07, 6.45) is 8.51. The molecule has 1 aliphatic heterocycles. The maximum absolute atomic E-state index is 12.5. The van der Waals surface area contributed by atoms with Crippen LogP contribution in [0.2, 0.25) is 0 Å². The number of likely N-dealkylation sites (tertiary alicyclic amines) is 1. The molecule has 4 rings (SSSR count). The van der Waals surface area contributed by atoms with E-state index in [1.165, 1.54) is 32.4 Å². The first kappa shape index (κ1) is 22.7. The number of rotatable bonds is 7. The molecule has 1 saturated heterocycles. The van der Waals surface area contributed by atoms with E-state index in [0.29, 0.717) is 18.1 Å². The third-order valence-corrected chi connectivity index (χ3v) is 6.02. The monoisotopic (exact) mass is 422 g/mol. The molecule has 0 unspecified atom stereocenters. The fourth-order valence-corrected chi connectivity index (χ4v) is 4.13. The number of aromatic nitrogens is 3. The van der Waals surface area contributed by atoms with Gasteiger partial charge in [0.25, 0.3) is 5.91 Å². The van der Waals surface area contributed by atoms with Crippen molar-refractivity contribution in [3.63, 3.8) is 0 Å². The Morgan fingerprint density at radius 3 is 2.84 bits per heavy atom. The molecule has 1 aromatic carbocycles. The van der Waals surface area contributed by atoms with Crippen LogP contribution in [-0.2, 0) is 13.1 Å². The van der Waals surface area contributed by atoms with E-state index in [2.05, 4.69) is 27.3 Å². The lowest BCUT2D eigenvalue weighted by Gasteiger charge is -2.28. The quantitative estimate of drug-likeness (QED) is 0.606. The third-order valence-electron chi connectivity index (χ3n) is 6.02. The second kappa shape index (κ2) is 10.4. The maximum atomic E-state index is 12.5. The van der Waals surface area contributed by atoms with E-state index in [0.717, 1.165) is 35.2 Å². The number of nitrogens with zero attached hydrogens (tertiary/aromatic N) is 4. The molecule has 7 heteroatoms. The van der Waals surface area contributed by atoms with Crippen molar-refractivity contribution in [3.05, 3.63) is 54.0 Å². The molecule has 7 nitrogen and oxygen atoms in total. The number of carbonyl (C=O) groups excluding carboxylic acids is 1. The van der Waals surface area contributed by atoms with E-state index in [9.17, 15) is 4.79 Å². The van der Waals surface area contributed by atoms with Crippen molar-refractivity contribution in [2.24, 2.45) is 5.92 Å². The summed E-state index contributed by atoms with van der Waals surface area (Å²) in [7, 11) is 2.19. The molecule has 3 N–H and O–H groups in total. The van der Waals surface area contributed by atoms with E-state index in [1.54, 1.807) is 12.3 Å². The summed E-state index contributed by atoms with van der Waals surface area (Å²) in [6.45, 7) is 3.72. The van der Waals surface area contributed by atoms with Crippen molar-refractivity contribution in [1.82, 2.24) is 25.0 Å². The van der Waals surface area contributed by atoms with E-state index in [4.69, 9.17) is 5.73 Å². The average molecular weight is 423 g/mol. The minimum absolute atomic E-state index is 0. The normalized spacial score (nSPS) is 15.0. The van der Waals surface area contributed by atoms with Gasteiger partial charge < -0.3 is 16.0 Å². The van der Waals surface area contributed by atoms with Gasteiger partial charge in [-0.05, 0) is 80.9 Å². The van der Waals surface area contributed by atoms with Crippen LogP contribution >= 0.6 is 0 Å². The zero-order chi connectivity index (χ0) is 20.9. The molecular formula is C24H34N6O. The average Bonchev–Trinajstić information content (AvgIpc) is 3.23. The lowest BCUT2D eigenvalue weighted by Crippen LogP contribution is -2.30. The smallest absolute Gasteiger partial charge is 0.272 e. The minimum Gasteiger partial charge on any atom is -0.383 e. The number of piperidine rings is 1. The molecule has 3 aromatic rings. The Hall–Kier alpha value is -2.93. The van der Waals surface area contributed by atoms with Crippen LogP contribution in [0.5, 0.6) is 0 Å². The van der Waals surface area contributed by atoms with Gasteiger partial charge in [0.15, 0.2) is 0 Å². The van der Waals surface area contributed by atoms with Crippen molar-refractivity contribution < 1.29 is 4.79 Å². The summed E-state index contributed by atoms with van der Waals surface area (Å²) in [6, 6.07) is 9.64. The van der Waals surface area contributed by atoms with Gasteiger partial charge in [0.2, 0.25) is 0 Å². The highest BCUT2D eigenvalue weighted by molar-refractivity contribution is 5.93. The highest BCUT2D eigenvalue weighted by Gasteiger charge is 2.16. The van der Waals surface area contributed by atoms with E-state index >= 15 is 0 Å². The molecule has 166 valence electrons. The molecule has 1 aliphatic rings. The first-order chi connectivity index (χ1) is 14.6. The van der Waals surface area contributed by atoms with Crippen LogP contribution in [0, 0.1) is 5.92 Å². The molecule has 1 fully saturated rings. The van der Waals surface area contributed by atoms with Crippen LogP contribution in [0.1, 0.15) is 49.2 Å². The minimum atomic E-state index is -0.154. The molecule has 3 heterocycles. The van der Waals surface area contributed by atoms with Gasteiger partial charge in [0, 0.05) is 30.9 Å². The van der Waals surface area contributed by atoms with Crippen LogP contribution in [0.3, 0.4) is 0 Å². The van der Waals surface area contributed by atoms with Gasteiger partial charge in [-0.2, -0.15) is 5.10 Å². The highest BCUT2D eigenvalue weighted by Crippen LogP contribution is 2.21. The molecular weight excluding hydrogens is 388 g/mol. The number of carbonyl (C=O) groups is 1. The Kier molecular flexibility index (Phi) is 7.63. The van der Waals surface area contributed by atoms with Gasteiger partial charge in [-0.3, -0.25) is 9.48 Å². The SMILES string of the molecule is C.CN1CCC(CCCn2ccc(C(=O)NCc3ccc4c(N)nccc4c3)n2)CC1. The predicted octanol–water partition coefficient (Wildman–Crippen LogP) is 3.70. The summed E-state index contributed by atoms with van der Waals surface area (Å²) in [5.41, 5.74) is 7.37. The fourth-order valence-electron chi connectivity index (χ4n) is 4.13. The Balaban J connectivity index is 0.00000272. The lowest BCUT2D eigenvalue weighted by molar-refractivity contribution is 0.0945. The molecule has 0 bridgehead atoms. The Morgan fingerprint density at radius 2 is 2.03 bits per heavy atom. The Bertz CT molecular complexity index is 1010. The zero-order valence-electron chi connectivity index (χ0n) is 17.6. The molecule has 0 saturated carbocycles. The van der Waals surface area contributed by atoms with E-state index in [-0.39, 0.29) is 13.3 Å². The molecule has 0 spiro atoms. The van der Waals surface area contributed by atoms with Crippen LogP contribution < -0.4 is 11.1 Å². The Morgan fingerprint density at radius 1 is 1.23 bits per heavy atom. The van der Waals surface area contributed by atoms with E-state index in [1.807, 2.05) is 35.1 Å². The molecule has 2 aromatic heterocycles. The Labute approximate surface area is 184 Å². The number of nitrogen functional groups attached to an aromatic ring is 1. The number of hydrogen-bond acceptors (Lipinski definition) is 5. The number of benzene rings is 1. The number of nitrogens with one attached hydrogen (secondary N) is 1. The molecule has 0 aliphatic carbocycles. The summed E-state index contributed by atoms with van der Waals surface area (Å²) < 4.78 is 1.88. The summed E-state index contributed by atoms with van der Waals surface area (Å²) in [4.78, 5) is 19.0. The van der Waals surface area contributed by atoms with Crippen molar-refractivity contribution in [3.8, 4) is 0 Å². The van der Waals surface area contributed by atoms with Crippen molar-refractivity contribution in [2.45, 2.75) is 46.2 Å². The second-order valence-electron chi connectivity index (χ2n) is 8.29. The number of hydrogen-bond donors (Lipinski definition) is 2. The number of aryl methyl sites for hydroxylation is 1. The predicted molar refractivity (Wildman–Crippen MR) is 126 cm³/mol. The van der Waals surface area contributed by atoms with Gasteiger partial charge in [0.1, 0.15) is 11.5 Å². The first-order valence-electron chi connectivity index (χ1n) is 10.7. The van der Waals surface area contributed by atoms with Crippen molar-refractivity contribution in [1.29, 1.82) is 0 Å². The van der Waals surface area contributed by atoms with Gasteiger partial charge in [0.05, 0.1) is 0 Å². The molecule has 0 radical (unpaired) electrons. The number of nitrogens with two attached hydrogens (primary N) is 1. The van der Waals surface area contributed by atoms with Crippen LogP contribution in [0.25, 0.3) is 10.8 Å². The summed E-state index contributed by atoms with van der Waals surface area (Å²) in [5.74, 6) is 1.19. The molecule has 1 amide bonds. The number of pyridine rings is 1. The fraction of sp³-hybridized carbons (Fsp3) is 0.458. The number of fused-ring (bicyclic) bond motifs is 1. The van der Waals surface area contributed by atoms with Crippen molar-refractivity contribution >= 4 is 22.5 Å². The van der Waals surface area contributed by atoms with Gasteiger partial charge in [-0.25, -0.2) is 4.98 Å². The highest BCUT2D eigenvalue weighted by atomic mass is 16.1. The van der Waals surface area contributed by atoms with Gasteiger partial charge in [-0.1, -0.05) is 19.6 Å². The summed E-state index contributed by atoms with van der Waals surface area (Å²) in [5, 5.41) is 9.34. The van der Waals surface area contributed by atoms with Crippen molar-refractivity contribution in [2.75, 3.05) is 25.9 Å². The van der Waals surface area contributed by atoms with Crippen LogP contribution in [-0.4, -0.2) is 45.7 Å². The topological polar surface area (TPSA) is 89.1 Å². The second-order valence-corrected chi connectivity index (χ2v) is 8.29. The molecule has 31 heavy (non-hydrogen) atoms. The maximum Gasteiger partial charge on any atom is 0.272 e. The zero-order valence-corrected chi connectivity index (χ0v) is 17.6. The van der Waals surface area contributed by atoms with Gasteiger partial charge >= 0.3 is 0 Å². The summed E-state index contributed by atoms with van der Waals surface area (Å²) >= 11 is 0. The first-order valence-corrected chi connectivity index (χ1v) is 10.7.